The number of hydrogen-bond donors (Lipinski definition) is 1. The van der Waals surface area contributed by atoms with Crippen molar-refractivity contribution in [1.82, 2.24) is 0 Å². The summed E-state index contributed by atoms with van der Waals surface area (Å²) in [6, 6.07) is 4.77. The van der Waals surface area contributed by atoms with E-state index in [2.05, 4.69) is 27.8 Å². The van der Waals surface area contributed by atoms with Crippen LogP contribution in [-0.2, 0) is 0 Å². The van der Waals surface area contributed by atoms with E-state index in [0.29, 0.717) is 5.02 Å². The predicted octanol–water partition coefficient (Wildman–Crippen LogP) is 3.18. The summed E-state index contributed by atoms with van der Waals surface area (Å²) < 4.78 is 0. The number of halogens is 2. The van der Waals surface area contributed by atoms with Gasteiger partial charge in [0.1, 0.15) is 5.75 Å². The predicted molar refractivity (Wildman–Crippen MR) is 58.4 cm³/mol. The molecule has 0 unspecified atom stereocenters. The van der Waals surface area contributed by atoms with Crippen molar-refractivity contribution in [2.75, 3.05) is 5.33 Å². The number of rotatable bonds is 1. The molecular formula is C10H8BrClO. The number of benzene rings is 1. The molecule has 0 saturated heterocycles. The fraction of sp³-hybridized carbons (Fsp3) is 0.200. The van der Waals surface area contributed by atoms with E-state index in [0.717, 1.165) is 17.3 Å². The summed E-state index contributed by atoms with van der Waals surface area (Å²) in [6.45, 7) is 0. The number of phenolic OH excluding ortho intramolecular Hbond substituents is 1. The van der Waals surface area contributed by atoms with Crippen LogP contribution in [-0.4, -0.2) is 10.4 Å². The summed E-state index contributed by atoms with van der Waals surface area (Å²) >= 11 is 9.11. The molecule has 0 fully saturated rings. The van der Waals surface area contributed by atoms with Gasteiger partial charge in [0.2, 0.25) is 0 Å². The molecule has 0 amide bonds. The van der Waals surface area contributed by atoms with Gasteiger partial charge in [0.25, 0.3) is 0 Å². The molecule has 0 aliphatic carbocycles. The number of phenols is 1. The van der Waals surface area contributed by atoms with Gasteiger partial charge in [-0.15, -0.1) is 0 Å². The van der Waals surface area contributed by atoms with Gasteiger partial charge in [-0.25, -0.2) is 0 Å². The van der Waals surface area contributed by atoms with Crippen molar-refractivity contribution < 1.29 is 5.11 Å². The zero-order chi connectivity index (χ0) is 9.68. The van der Waals surface area contributed by atoms with Gasteiger partial charge in [-0.05, 0) is 18.2 Å². The Morgan fingerprint density at radius 3 is 2.85 bits per heavy atom. The Morgan fingerprint density at radius 2 is 2.23 bits per heavy atom. The molecule has 0 spiro atoms. The first-order valence-electron chi connectivity index (χ1n) is 3.77. The molecule has 1 rings (SSSR count). The highest BCUT2D eigenvalue weighted by molar-refractivity contribution is 9.09. The van der Waals surface area contributed by atoms with Crippen LogP contribution in [0.25, 0.3) is 0 Å². The van der Waals surface area contributed by atoms with Crippen LogP contribution < -0.4 is 0 Å². The second-order valence-electron chi connectivity index (χ2n) is 2.40. The number of aromatic hydroxyl groups is 1. The van der Waals surface area contributed by atoms with Crippen molar-refractivity contribution in [3.05, 3.63) is 28.8 Å². The first kappa shape index (κ1) is 10.4. The Morgan fingerprint density at radius 1 is 1.46 bits per heavy atom. The Labute approximate surface area is 90.9 Å². The summed E-state index contributed by atoms with van der Waals surface area (Å²) in [4.78, 5) is 0. The lowest BCUT2D eigenvalue weighted by atomic mass is 10.2. The lowest BCUT2D eigenvalue weighted by Gasteiger charge is -1.95. The summed E-state index contributed by atoms with van der Waals surface area (Å²) in [5.74, 6) is 6.03. The molecule has 0 heterocycles. The van der Waals surface area contributed by atoms with Gasteiger partial charge in [-0.2, -0.15) is 0 Å². The lowest BCUT2D eigenvalue weighted by Crippen LogP contribution is -1.76. The molecule has 0 radical (unpaired) electrons. The van der Waals surface area contributed by atoms with Crippen molar-refractivity contribution >= 4 is 27.5 Å². The van der Waals surface area contributed by atoms with E-state index < -0.39 is 0 Å². The molecule has 0 aliphatic heterocycles. The van der Waals surface area contributed by atoms with Crippen molar-refractivity contribution in [3.63, 3.8) is 0 Å². The van der Waals surface area contributed by atoms with Crippen LogP contribution in [0.2, 0.25) is 5.02 Å². The van der Waals surface area contributed by atoms with Gasteiger partial charge >= 0.3 is 0 Å². The molecule has 3 heteroatoms. The molecular weight excluding hydrogens is 251 g/mol. The minimum absolute atomic E-state index is 0.163. The molecule has 0 aromatic heterocycles. The maximum atomic E-state index is 9.07. The number of alkyl halides is 1. The van der Waals surface area contributed by atoms with Crippen LogP contribution in [0.5, 0.6) is 5.75 Å². The van der Waals surface area contributed by atoms with Crippen molar-refractivity contribution in [3.8, 4) is 17.6 Å². The molecule has 68 valence electrons. The second kappa shape index (κ2) is 5.16. The Kier molecular flexibility index (Phi) is 4.14. The third-order valence-electron chi connectivity index (χ3n) is 1.40. The molecule has 1 aromatic rings. The summed E-state index contributed by atoms with van der Waals surface area (Å²) in [5.41, 5.74) is 0.750. The van der Waals surface area contributed by atoms with Gasteiger partial charge in [-0.1, -0.05) is 39.4 Å². The van der Waals surface area contributed by atoms with Crippen molar-refractivity contribution in [2.24, 2.45) is 0 Å². The second-order valence-corrected chi connectivity index (χ2v) is 3.61. The monoisotopic (exact) mass is 258 g/mol. The molecule has 1 N–H and O–H groups in total. The number of hydrogen-bond acceptors (Lipinski definition) is 1. The molecule has 13 heavy (non-hydrogen) atoms. The fourth-order valence-electron chi connectivity index (χ4n) is 0.810. The average molecular weight is 260 g/mol. The van der Waals surface area contributed by atoms with E-state index in [4.69, 9.17) is 16.7 Å². The maximum Gasteiger partial charge on any atom is 0.117 e. The van der Waals surface area contributed by atoms with E-state index in [1.165, 1.54) is 6.07 Å². The molecule has 1 nitrogen and oxygen atoms in total. The molecule has 1 aromatic carbocycles. The Balaban J connectivity index is 2.85. The average Bonchev–Trinajstić information content (AvgIpc) is 2.09. The third-order valence-corrected chi connectivity index (χ3v) is 2.10. The molecule has 0 atom stereocenters. The van der Waals surface area contributed by atoms with E-state index in [1.807, 2.05) is 0 Å². The highest BCUT2D eigenvalue weighted by Crippen LogP contribution is 2.20. The van der Waals surface area contributed by atoms with E-state index >= 15 is 0 Å². The fourth-order valence-corrected chi connectivity index (χ4v) is 1.23. The maximum absolute atomic E-state index is 9.07. The van der Waals surface area contributed by atoms with Crippen LogP contribution in [0.4, 0.5) is 0 Å². The van der Waals surface area contributed by atoms with Gasteiger partial charge in [0, 0.05) is 17.3 Å². The highest BCUT2D eigenvalue weighted by atomic mass is 79.9. The van der Waals surface area contributed by atoms with Crippen LogP contribution in [0.3, 0.4) is 0 Å². The minimum atomic E-state index is 0.163. The van der Waals surface area contributed by atoms with Crippen LogP contribution in [0, 0.1) is 11.8 Å². The van der Waals surface area contributed by atoms with Crippen LogP contribution >= 0.6 is 27.5 Å². The normalized spacial score (nSPS) is 9.08. The van der Waals surface area contributed by atoms with Crippen molar-refractivity contribution in [1.29, 1.82) is 0 Å². The summed E-state index contributed by atoms with van der Waals surface area (Å²) in [7, 11) is 0. The highest BCUT2D eigenvalue weighted by Gasteiger charge is 1.96. The molecule has 0 bridgehead atoms. The first-order valence-corrected chi connectivity index (χ1v) is 5.27. The standard InChI is InChI=1S/C10H8BrClO/c11-6-2-1-3-8-4-5-9(13)7-10(8)12/h4-5,7,13H,2,6H2. The topological polar surface area (TPSA) is 20.2 Å². The van der Waals surface area contributed by atoms with Gasteiger partial charge < -0.3 is 5.11 Å². The molecule has 0 aliphatic rings. The van der Waals surface area contributed by atoms with Crippen LogP contribution in [0.15, 0.2) is 18.2 Å². The van der Waals surface area contributed by atoms with Crippen molar-refractivity contribution in [2.45, 2.75) is 6.42 Å². The Hall–Kier alpha value is -0.650. The zero-order valence-electron chi connectivity index (χ0n) is 6.85. The third kappa shape index (κ3) is 3.30. The first-order chi connectivity index (χ1) is 6.24. The van der Waals surface area contributed by atoms with E-state index in [1.54, 1.807) is 12.1 Å². The van der Waals surface area contributed by atoms with E-state index in [-0.39, 0.29) is 5.75 Å². The SMILES string of the molecule is Oc1ccc(C#CCCBr)c(Cl)c1. The van der Waals surface area contributed by atoms with E-state index in [9.17, 15) is 0 Å². The van der Waals surface area contributed by atoms with Gasteiger partial charge in [0.05, 0.1) is 5.02 Å². The Bertz CT molecular complexity index is 352. The summed E-state index contributed by atoms with van der Waals surface area (Å²) in [6.07, 6.45) is 0.789. The van der Waals surface area contributed by atoms with Crippen LogP contribution in [0.1, 0.15) is 12.0 Å². The van der Waals surface area contributed by atoms with Gasteiger partial charge in [0.15, 0.2) is 0 Å². The quantitative estimate of drug-likeness (QED) is 0.607. The molecule has 0 saturated carbocycles. The largest absolute Gasteiger partial charge is 0.508 e. The zero-order valence-corrected chi connectivity index (χ0v) is 9.19. The van der Waals surface area contributed by atoms with Gasteiger partial charge in [-0.3, -0.25) is 0 Å². The summed E-state index contributed by atoms with van der Waals surface area (Å²) in [5, 5.41) is 10.4. The minimum Gasteiger partial charge on any atom is -0.508 e. The smallest absolute Gasteiger partial charge is 0.117 e. The lowest BCUT2D eigenvalue weighted by molar-refractivity contribution is 0.475.